The first-order valence-corrected chi connectivity index (χ1v) is 7.04. The van der Waals surface area contributed by atoms with Gasteiger partial charge in [-0.1, -0.05) is 36.4 Å². The first-order valence-electron chi connectivity index (χ1n) is 7.04. The number of nitrogens with zero attached hydrogens (tertiary/aromatic N) is 3. The molecule has 0 aromatic heterocycles. The van der Waals surface area contributed by atoms with Gasteiger partial charge < -0.3 is 9.80 Å². The SMILES string of the molecule is CN1C(=O)N(C)C(C2C=CCc3ccccc32)N(C)C1=O. The van der Waals surface area contributed by atoms with Gasteiger partial charge in [0.25, 0.3) is 0 Å². The summed E-state index contributed by atoms with van der Waals surface area (Å²) in [5, 5.41) is 0. The molecular formula is C16H19N3O2. The molecule has 1 aromatic carbocycles. The van der Waals surface area contributed by atoms with Crippen LogP contribution in [0.1, 0.15) is 17.0 Å². The maximum absolute atomic E-state index is 12.2. The van der Waals surface area contributed by atoms with Gasteiger partial charge in [0.15, 0.2) is 0 Å². The monoisotopic (exact) mass is 285 g/mol. The fourth-order valence-electron chi connectivity index (χ4n) is 3.27. The summed E-state index contributed by atoms with van der Waals surface area (Å²) in [6, 6.07) is 7.68. The van der Waals surface area contributed by atoms with Crippen LogP contribution in [0.15, 0.2) is 36.4 Å². The molecule has 0 saturated carbocycles. The molecule has 1 aliphatic heterocycles. The fraction of sp³-hybridized carbons (Fsp3) is 0.375. The molecule has 4 amide bonds. The number of hydrogen-bond acceptors (Lipinski definition) is 2. The summed E-state index contributed by atoms with van der Waals surface area (Å²) in [7, 11) is 5.01. The van der Waals surface area contributed by atoms with Crippen LogP contribution in [-0.2, 0) is 6.42 Å². The zero-order chi connectivity index (χ0) is 15.1. The molecule has 1 atom stereocenters. The molecule has 2 aliphatic rings. The average molecular weight is 285 g/mol. The lowest BCUT2D eigenvalue weighted by Gasteiger charge is -2.46. The minimum Gasteiger partial charge on any atom is -0.306 e. The van der Waals surface area contributed by atoms with Crippen LogP contribution in [0.3, 0.4) is 0 Å². The molecule has 1 unspecified atom stereocenters. The second-order valence-electron chi connectivity index (χ2n) is 5.62. The van der Waals surface area contributed by atoms with Crippen molar-refractivity contribution in [2.45, 2.75) is 18.5 Å². The first-order chi connectivity index (χ1) is 10.0. The number of carbonyl (C=O) groups is 2. The number of likely N-dealkylation sites (N-methyl/N-ethyl adjacent to an activating group) is 2. The highest BCUT2D eigenvalue weighted by Gasteiger charge is 2.42. The van der Waals surface area contributed by atoms with E-state index >= 15 is 0 Å². The van der Waals surface area contributed by atoms with E-state index in [0.717, 1.165) is 11.3 Å². The molecule has 3 rings (SSSR count). The van der Waals surface area contributed by atoms with Gasteiger partial charge in [0.2, 0.25) is 0 Å². The Morgan fingerprint density at radius 2 is 1.62 bits per heavy atom. The predicted molar refractivity (Wildman–Crippen MR) is 79.9 cm³/mol. The fourth-order valence-corrected chi connectivity index (χ4v) is 3.27. The van der Waals surface area contributed by atoms with Crippen LogP contribution in [-0.4, -0.2) is 54.1 Å². The third-order valence-corrected chi connectivity index (χ3v) is 4.39. The van der Waals surface area contributed by atoms with E-state index in [9.17, 15) is 9.59 Å². The molecule has 0 bridgehead atoms. The van der Waals surface area contributed by atoms with E-state index in [1.807, 2.05) is 12.1 Å². The number of benzene rings is 1. The van der Waals surface area contributed by atoms with E-state index in [0.29, 0.717) is 0 Å². The van der Waals surface area contributed by atoms with Crippen LogP contribution in [0.4, 0.5) is 9.59 Å². The zero-order valence-corrected chi connectivity index (χ0v) is 12.5. The zero-order valence-electron chi connectivity index (χ0n) is 12.5. The largest absolute Gasteiger partial charge is 0.329 e. The van der Waals surface area contributed by atoms with Gasteiger partial charge in [0, 0.05) is 27.1 Å². The first kappa shape index (κ1) is 13.7. The third kappa shape index (κ3) is 2.00. The van der Waals surface area contributed by atoms with Crippen LogP contribution >= 0.6 is 0 Å². The molecule has 110 valence electrons. The lowest BCUT2D eigenvalue weighted by Crippen LogP contribution is -2.64. The molecule has 21 heavy (non-hydrogen) atoms. The smallest absolute Gasteiger partial charge is 0.306 e. The number of urea groups is 2. The molecule has 0 spiro atoms. The number of amides is 4. The van der Waals surface area contributed by atoms with E-state index in [1.54, 1.807) is 23.9 Å². The van der Waals surface area contributed by atoms with Crippen LogP contribution in [0.25, 0.3) is 0 Å². The summed E-state index contributed by atoms with van der Waals surface area (Å²) in [5.41, 5.74) is 2.44. The van der Waals surface area contributed by atoms with Gasteiger partial charge in [-0.05, 0) is 17.5 Å². The predicted octanol–water partition coefficient (Wildman–Crippen LogP) is 2.26. The lowest BCUT2D eigenvalue weighted by molar-refractivity contribution is 0.0537. The van der Waals surface area contributed by atoms with Gasteiger partial charge in [0.05, 0.1) is 0 Å². The Kier molecular flexibility index (Phi) is 3.20. The second-order valence-corrected chi connectivity index (χ2v) is 5.62. The summed E-state index contributed by atoms with van der Waals surface area (Å²) < 4.78 is 0. The van der Waals surface area contributed by atoms with Gasteiger partial charge in [-0.3, -0.25) is 0 Å². The van der Waals surface area contributed by atoms with Crippen molar-refractivity contribution in [3.63, 3.8) is 0 Å². The summed E-state index contributed by atoms with van der Waals surface area (Å²) in [6.07, 6.45) is 4.82. The summed E-state index contributed by atoms with van der Waals surface area (Å²) in [5.74, 6) is 0.00606. The maximum atomic E-state index is 12.2. The average Bonchev–Trinajstić information content (AvgIpc) is 2.51. The molecule has 0 N–H and O–H groups in total. The van der Waals surface area contributed by atoms with Crippen molar-refractivity contribution in [1.82, 2.24) is 14.7 Å². The molecule has 1 fully saturated rings. The van der Waals surface area contributed by atoms with Crippen LogP contribution in [0, 0.1) is 0 Å². The van der Waals surface area contributed by atoms with E-state index in [-0.39, 0.29) is 24.1 Å². The molecule has 5 nitrogen and oxygen atoms in total. The Morgan fingerprint density at radius 3 is 2.29 bits per heavy atom. The Hall–Kier alpha value is -2.30. The van der Waals surface area contributed by atoms with Crippen molar-refractivity contribution in [2.75, 3.05) is 21.1 Å². The molecular weight excluding hydrogens is 266 g/mol. The molecule has 0 radical (unpaired) electrons. The third-order valence-electron chi connectivity index (χ3n) is 4.39. The van der Waals surface area contributed by atoms with Crippen molar-refractivity contribution >= 4 is 12.1 Å². The van der Waals surface area contributed by atoms with Crippen molar-refractivity contribution < 1.29 is 9.59 Å². The maximum Gasteiger partial charge on any atom is 0.329 e. The van der Waals surface area contributed by atoms with Crippen LogP contribution < -0.4 is 0 Å². The Balaban J connectivity index is 2.03. The Morgan fingerprint density at radius 1 is 1.00 bits per heavy atom. The standard InChI is InChI=1S/C16H19N3O2/c1-17-14(18(2)16(21)19(3)15(17)20)13-10-6-8-11-7-4-5-9-12(11)13/h4-7,9-10,13-14H,8H2,1-3H3. The van der Waals surface area contributed by atoms with Crippen molar-refractivity contribution in [1.29, 1.82) is 0 Å². The Labute approximate surface area is 124 Å². The molecule has 1 aromatic rings. The molecule has 1 aliphatic carbocycles. The minimum absolute atomic E-state index is 0.00606. The van der Waals surface area contributed by atoms with E-state index in [2.05, 4.69) is 24.3 Å². The second kappa shape index (κ2) is 4.91. The van der Waals surface area contributed by atoms with E-state index < -0.39 is 0 Å². The van der Waals surface area contributed by atoms with Gasteiger partial charge in [-0.25, -0.2) is 14.5 Å². The highest BCUT2D eigenvalue weighted by Crippen LogP contribution is 2.34. The van der Waals surface area contributed by atoms with Gasteiger partial charge in [0.1, 0.15) is 6.17 Å². The summed E-state index contributed by atoms with van der Waals surface area (Å²) >= 11 is 0. The van der Waals surface area contributed by atoms with Gasteiger partial charge >= 0.3 is 12.1 Å². The van der Waals surface area contributed by atoms with Crippen molar-refractivity contribution in [3.8, 4) is 0 Å². The number of carbonyl (C=O) groups excluding carboxylic acids is 2. The van der Waals surface area contributed by atoms with Crippen molar-refractivity contribution in [3.05, 3.63) is 47.5 Å². The van der Waals surface area contributed by atoms with E-state index in [4.69, 9.17) is 0 Å². The van der Waals surface area contributed by atoms with E-state index in [1.165, 1.54) is 18.2 Å². The number of hydrogen-bond donors (Lipinski definition) is 0. The minimum atomic E-state index is -0.293. The molecule has 5 heteroatoms. The quantitative estimate of drug-likeness (QED) is 0.743. The summed E-state index contributed by atoms with van der Waals surface area (Å²) in [6.45, 7) is 0. The summed E-state index contributed by atoms with van der Waals surface area (Å²) in [4.78, 5) is 28.9. The van der Waals surface area contributed by atoms with Gasteiger partial charge in [-0.2, -0.15) is 0 Å². The number of fused-ring (bicyclic) bond motifs is 1. The van der Waals surface area contributed by atoms with Crippen LogP contribution in [0.2, 0.25) is 0 Å². The normalized spacial score (nSPS) is 22.8. The number of rotatable bonds is 1. The molecule has 1 saturated heterocycles. The highest BCUT2D eigenvalue weighted by atomic mass is 16.2. The van der Waals surface area contributed by atoms with Crippen molar-refractivity contribution in [2.24, 2.45) is 0 Å². The topological polar surface area (TPSA) is 43.9 Å². The highest BCUT2D eigenvalue weighted by molar-refractivity contribution is 5.95. The molecule has 1 heterocycles. The van der Waals surface area contributed by atoms with Gasteiger partial charge in [-0.15, -0.1) is 0 Å². The Bertz CT molecular complexity index is 604. The lowest BCUT2D eigenvalue weighted by atomic mass is 9.85. The van der Waals surface area contributed by atoms with Crippen LogP contribution in [0.5, 0.6) is 0 Å². The number of imide groups is 1. The number of allylic oxidation sites excluding steroid dienone is 1.